The van der Waals surface area contributed by atoms with Gasteiger partial charge in [0.05, 0.1) is 28.5 Å². The van der Waals surface area contributed by atoms with Crippen molar-refractivity contribution in [2.45, 2.75) is 64.2 Å². The van der Waals surface area contributed by atoms with Crippen LogP contribution in [0.15, 0.2) is 42.5 Å². The maximum absolute atomic E-state index is 13.8. The Kier molecular flexibility index (Phi) is 8.32. The highest BCUT2D eigenvalue weighted by Gasteiger charge is 2.40. The highest BCUT2D eigenvalue weighted by Crippen LogP contribution is 2.48. The smallest absolute Gasteiger partial charge is 0.240 e. The maximum Gasteiger partial charge on any atom is 0.240 e. The predicted octanol–water partition coefficient (Wildman–Crippen LogP) is 5.90. The molecule has 1 fully saturated rings. The second-order valence-electron chi connectivity index (χ2n) is 11.6. The number of ether oxygens (including phenoxy) is 1. The van der Waals surface area contributed by atoms with E-state index in [0.717, 1.165) is 53.1 Å². The average Bonchev–Trinajstić information content (AvgIpc) is 3.53. The van der Waals surface area contributed by atoms with Gasteiger partial charge in [0.25, 0.3) is 0 Å². The first-order valence-electron chi connectivity index (χ1n) is 13.8. The molecule has 0 spiro atoms. The Bertz CT molecular complexity index is 1420. The van der Waals surface area contributed by atoms with Gasteiger partial charge in [-0.3, -0.25) is 14.5 Å². The van der Waals surface area contributed by atoms with Gasteiger partial charge in [0.2, 0.25) is 11.8 Å². The number of carbonyl (C=O) groups excluding carboxylic acids is 2. The molecular weight excluding hydrogens is 544 g/mol. The lowest BCUT2D eigenvalue weighted by molar-refractivity contribution is -0.123. The number of benzene rings is 2. The molecule has 5 rings (SSSR count). The lowest BCUT2D eigenvalue weighted by atomic mass is 9.87. The highest BCUT2D eigenvalue weighted by molar-refractivity contribution is 8.00. The first-order valence-corrected chi connectivity index (χ1v) is 15.2. The minimum absolute atomic E-state index is 0.0232. The minimum Gasteiger partial charge on any atom is -0.376 e. The Hall–Kier alpha value is -2.81. The third-order valence-corrected chi connectivity index (χ3v) is 9.10. The van der Waals surface area contributed by atoms with Crippen molar-refractivity contribution in [2.24, 2.45) is 0 Å². The summed E-state index contributed by atoms with van der Waals surface area (Å²) in [4.78, 5) is 28.8. The molecule has 1 aromatic heterocycles. The van der Waals surface area contributed by atoms with E-state index in [1.165, 1.54) is 0 Å². The third-order valence-electron chi connectivity index (χ3n) is 7.61. The zero-order chi connectivity index (χ0) is 28.6. The van der Waals surface area contributed by atoms with Crippen molar-refractivity contribution >= 4 is 41.0 Å². The molecule has 1 N–H and O–H groups in total. The number of hydrogen-bond acceptors (Lipinski definition) is 5. The van der Waals surface area contributed by atoms with Crippen molar-refractivity contribution in [1.82, 2.24) is 15.1 Å². The van der Waals surface area contributed by atoms with Crippen molar-refractivity contribution in [3.8, 4) is 5.69 Å². The first-order chi connectivity index (χ1) is 19.0. The van der Waals surface area contributed by atoms with Gasteiger partial charge in [-0.25, -0.2) is 4.68 Å². The van der Waals surface area contributed by atoms with Crippen LogP contribution in [0.3, 0.4) is 0 Å². The Morgan fingerprint density at radius 1 is 1.20 bits per heavy atom. The van der Waals surface area contributed by atoms with E-state index in [-0.39, 0.29) is 40.9 Å². The molecule has 2 aromatic carbocycles. The Balaban J connectivity index is 1.68. The van der Waals surface area contributed by atoms with Gasteiger partial charge in [-0.2, -0.15) is 5.10 Å². The van der Waals surface area contributed by atoms with E-state index in [4.69, 9.17) is 21.4 Å². The topological polar surface area (TPSA) is 76.5 Å². The number of carbonyl (C=O) groups is 2. The number of nitrogens with zero attached hydrogens (tertiary/aromatic N) is 3. The van der Waals surface area contributed by atoms with E-state index in [1.807, 2.05) is 41.1 Å². The van der Waals surface area contributed by atoms with Crippen LogP contribution >= 0.6 is 23.4 Å². The van der Waals surface area contributed by atoms with Gasteiger partial charge in [-0.15, -0.1) is 11.8 Å². The van der Waals surface area contributed by atoms with Crippen LogP contribution in [-0.4, -0.2) is 53.1 Å². The third kappa shape index (κ3) is 5.80. The Labute approximate surface area is 245 Å². The lowest BCUT2D eigenvalue weighted by Gasteiger charge is -2.25. The summed E-state index contributed by atoms with van der Waals surface area (Å²) in [6.07, 6.45) is 1.95. The molecule has 3 heterocycles. The molecular formula is C31H37ClN4O3S. The quantitative estimate of drug-likeness (QED) is 0.392. The predicted molar refractivity (Wildman–Crippen MR) is 162 cm³/mol. The number of rotatable bonds is 6. The SMILES string of the molecule is Cc1cccc(-n2nc(C(C)(C)C)c3c2N(CC(=O)NC[C@H]2CCCO2)C(=O)CS[C@@H]3c2cccc(Cl)c2)c1C. The maximum atomic E-state index is 13.8. The molecule has 2 aliphatic heterocycles. The Morgan fingerprint density at radius 3 is 2.67 bits per heavy atom. The molecule has 40 heavy (non-hydrogen) atoms. The van der Waals surface area contributed by atoms with Crippen LogP contribution in [0.25, 0.3) is 5.69 Å². The van der Waals surface area contributed by atoms with E-state index in [2.05, 4.69) is 46.0 Å². The molecule has 0 saturated carbocycles. The van der Waals surface area contributed by atoms with Crippen molar-refractivity contribution in [1.29, 1.82) is 0 Å². The fourth-order valence-electron chi connectivity index (χ4n) is 5.37. The summed E-state index contributed by atoms with van der Waals surface area (Å²) in [6, 6.07) is 13.9. The Morgan fingerprint density at radius 2 is 1.98 bits per heavy atom. The molecule has 7 nitrogen and oxygen atoms in total. The number of aromatic nitrogens is 2. The van der Waals surface area contributed by atoms with Crippen LogP contribution in [0.5, 0.6) is 0 Å². The summed E-state index contributed by atoms with van der Waals surface area (Å²) in [5, 5.41) is 8.65. The van der Waals surface area contributed by atoms with Gasteiger partial charge in [-0.05, 0) is 61.6 Å². The summed E-state index contributed by atoms with van der Waals surface area (Å²) in [5.41, 5.74) is 5.59. The fraction of sp³-hybridized carbons (Fsp3) is 0.452. The molecule has 2 atom stereocenters. The van der Waals surface area contributed by atoms with E-state index in [0.29, 0.717) is 17.4 Å². The van der Waals surface area contributed by atoms with Crippen molar-refractivity contribution < 1.29 is 14.3 Å². The molecule has 3 aromatic rings. The zero-order valence-corrected chi connectivity index (χ0v) is 25.4. The van der Waals surface area contributed by atoms with E-state index in [9.17, 15) is 9.59 Å². The first kappa shape index (κ1) is 28.7. The molecule has 0 unspecified atom stereocenters. The van der Waals surface area contributed by atoms with Gasteiger partial charge < -0.3 is 10.1 Å². The largest absolute Gasteiger partial charge is 0.376 e. The van der Waals surface area contributed by atoms with Crippen LogP contribution < -0.4 is 10.2 Å². The number of halogens is 1. The number of amides is 2. The van der Waals surface area contributed by atoms with E-state index >= 15 is 0 Å². The summed E-state index contributed by atoms with van der Waals surface area (Å²) in [7, 11) is 0. The lowest BCUT2D eigenvalue weighted by Crippen LogP contribution is -2.44. The van der Waals surface area contributed by atoms with E-state index < -0.39 is 0 Å². The van der Waals surface area contributed by atoms with Crippen LogP contribution in [-0.2, 0) is 19.7 Å². The number of anilines is 1. The van der Waals surface area contributed by atoms with E-state index in [1.54, 1.807) is 16.7 Å². The normalized spacial score (nSPS) is 19.4. The van der Waals surface area contributed by atoms with Gasteiger partial charge in [0.15, 0.2) is 0 Å². The van der Waals surface area contributed by atoms with Crippen LogP contribution in [0.1, 0.15) is 66.8 Å². The van der Waals surface area contributed by atoms with Gasteiger partial charge in [0, 0.05) is 29.2 Å². The highest BCUT2D eigenvalue weighted by atomic mass is 35.5. The van der Waals surface area contributed by atoms with Gasteiger partial charge >= 0.3 is 0 Å². The monoisotopic (exact) mass is 580 g/mol. The molecule has 1 saturated heterocycles. The summed E-state index contributed by atoms with van der Waals surface area (Å²) in [5.74, 6) is 0.522. The standard InChI is InChI=1S/C31H37ClN4O3S/c1-19-9-6-13-24(20(19)2)36-30-27(29(34-36)31(3,4)5)28(21-10-7-11-22(32)15-21)40-18-26(38)35(30)17-25(37)33-16-23-12-8-14-39-23/h6-7,9-11,13,15,23,28H,8,12,14,16-18H2,1-5H3,(H,33,37)/t23-,28-/m1/s1. The fourth-order valence-corrected chi connectivity index (χ4v) is 6.76. The average molecular weight is 581 g/mol. The van der Waals surface area contributed by atoms with Crippen LogP contribution in [0, 0.1) is 13.8 Å². The summed E-state index contributed by atoms with van der Waals surface area (Å²) in [6.45, 7) is 11.6. The minimum atomic E-state index is -0.328. The zero-order valence-electron chi connectivity index (χ0n) is 23.8. The molecule has 0 aliphatic carbocycles. The van der Waals surface area contributed by atoms with Gasteiger partial charge in [0.1, 0.15) is 12.4 Å². The second-order valence-corrected chi connectivity index (χ2v) is 13.2. The number of thioether (sulfide) groups is 1. The molecule has 2 aliphatic rings. The van der Waals surface area contributed by atoms with Crippen LogP contribution in [0.4, 0.5) is 5.82 Å². The summed E-state index contributed by atoms with van der Waals surface area (Å²) < 4.78 is 7.56. The van der Waals surface area contributed by atoms with Crippen LogP contribution in [0.2, 0.25) is 5.02 Å². The molecule has 0 bridgehead atoms. The van der Waals surface area contributed by atoms with Crippen molar-refractivity contribution in [3.63, 3.8) is 0 Å². The molecule has 2 amide bonds. The number of nitrogens with one attached hydrogen (secondary N) is 1. The molecule has 0 radical (unpaired) electrons. The molecule has 9 heteroatoms. The van der Waals surface area contributed by atoms with Crippen molar-refractivity contribution in [2.75, 3.05) is 30.3 Å². The number of hydrogen-bond donors (Lipinski definition) is 1. The summed E-state index contributed by atoms with van der Waals surface area (Å²) >= 11 is 8.00. The molecule has 212 valence electrons. The number of aryl methyl sites for hydroxylation is 1. The number of fused-ring (bicyclic) bond motifs is 1. The second kappa shape index (κ2) is 11.6. The van der Waals surface area contributed by atoms with Gasteiger partial charge in [-0.1, -0.05) is 56.6 Å². The van der Waals surface area contributed by atoms with Crippen molar-refractivity contribution in [3.05, 3.63) is 75.4 Å².